The van der Waals surface area contributed by atoms with Crippen LogP contribution in [0.4, 0.5) is 0 Å². The van der Waals surface area contributed by atoms with Gasteiger partial charge >= 0.3 is 0 Å². The zero-order valence-electron chi connectivity index (χ0n) is 14.1. The number of amides is 2. The molecule has 2 amide bonds. The van der Waals surface area contributed by atoms with Crippen LogP contribution in [0.2, 0.25) is 0 Å². The minimum absolute atomic E-state index is 0.0942. The van der Waals surface area contributed by atoms with Crippen molar-refractivity contribution in [3.05, 3.63) is 35.4 Å². The van der Waals surface area contributed by atoms with Gasteiger partial charge in [0.1, 0.15) is 0 Å². The summed E-state index contributed by atoms with van der Waals surface area (Å²) in [6.07, 6.45) is 1.73. The first-order chi connectivity index (χ1) is 10.8. The fraction of sp³-hybridized carbons (Fsp3) is 0.556. The highest BCUT2D eigenvalue weighted by molar-refractivity contribution is 5.95. The lowest BCUT2D eigenvalue weighted by atomic mass is 9.98. The number of aryl methyl sites for hydroxylation is 1. The Balaban J connectivity index is 1.96. The number of hydrogen-bond donors (Lipinski definition) is 2. The first kappa shape index (κ1) is 17.5. The van der Waals surface area contributed by atoms with E-state index in [0.717, 1.165) is 12.0 Å². The average molecular weight is 318 g/mol. The number of benzene rings is 1. The Labute approximate surface area is 137 Å². The largest absolute Gasteiger partial charge is 0.390 e. The molecule has 0 unspecified atom stereocenters. The maximum Gasteiger partial charge on any atom is 0.251 e. The highest BCUT2D eigenvalue weighted by atomic mass is 16.3. The molecule has 0 saturated carbocycles. The molecule has 1 aromatic rings. The predicted molar refractivity (Wildman–Crippen MR) is 89.2 cm³/mol. The van der Waals surface area contributed by atoms with E-state index in [1.54, 1.807) is 24.8 Å². The van der Waals surface area contributed by atoms with Gasteiger partial charge in [-0.25, -0.2) is 0 Å². The maximum absolute atomic E-state index is 12.4. The standard InChI is InChI=1S/C18H26N2O3/c1-4-20-12-15(11-16(20)21)19-17(22)14-7-5-6-13(10-14)8-9-18(2,3)23/h5-7,10,15,23H,4,8-9,11-12H2,1-3H3,(H,19,22)/t15-/m1/s1. The summed E-state index contributed by atoms with van der Waals surface area (Å²) in [5, 5.41) is 12.7. The van der Waals surface area contributed by atoms with E-state index in [2.05, 4.69) is 5.32 Å². The zero-order chi connectivity index (χ0) is 17.0. The second-order valence-corrected chi connectivity index (χ2v) is 6.82. The number of nitrogens with one attached hydrogen (secondary N) is 1. The Morgan fingerprint density at radius 2 is 2.17 bits per heavy atom. The number of likely N-dealkylation sites (N-methyl/N-ethyl adjacent to an activating group) is 1. The van der Waals surface area contributed by atoms with Gasteiger partial charge in [0.05, 0.1) is 11.6 Å². The number of carbonyl (C=O) groups excluding carboxylic acids is 2. The number of rotatable bonds is 6. The van der Waals surface area contributed by atoms with Crippen LogP contribution in [0.5, 0.6) is 0 Å². The van der Waals surface area contributed by atoms with E-state index in [9.17, 15) is 14.7 Å². The van der Waals surface area contributed by atoms with E-state index >= 15 is 0 Å². The molecule has 0 aromatic heterocycles. The molecule has 126 valence electrons. The molecule has 1 aliphatic heterocycles. The van der Waals surface area contributed by atoms with Crippen LogP contribution in [0, 0.1) is 0 Å². The minimum atomic E-state index is -0.716. The van der Waals surface area contributed by atoms with Crippen LogP contribution in [0.1, 0.15) is 49.5 Å². The molecule has 2 N–H and O–H groups in total. The average Bonchev–Trinajstić information content (AvgIpc) is 2.84. The highest BCUT2D eigenvalue weighted by Crippen LogP contribution is 2.15. The van der Waals surface area contributed by atoms with Gasteiger partial charge in [0, 0.05) is 25.1 Å². The van der Waals surface area contributed by atoms with Crippen molar-refractivity contribution in [3.63, 3.8) is 0 Å². The van der Waals surface area contributed by atoms with Crippen molar-refractivity contribution in [2.45, 2.75) is 51.7 Å². The van der Waals surface area contributed by atoms with Gasteiger partial charge in [-0.15, -0.1) is 0 Å². The minimum Gasteiger partial charge on any atom is -0.390 e. The molecule has 1 aromatic carbocycles. The maximum atomic E-state index is 12.4. The quantitative estimate of drug-likeness (QED) is 0.839. The topological polar surface area (TPSA) is 69.6 Å². The van der Waals surface area contributed by atoms with Gasteiger partial charge < -0.3 is 15.3 Å². The van der Waals surface area contributed by atoms with Crippen LogP contribution >= 0.6 is 0 Å². The summed E-state index contributed by atoms with van der Waals surface area (Å²) in [5.41, 5.74) is 0.907. The molecule has 1 fully saturated rings. The van der Waals surface area contributed by atoms with Crippen LogP contribution in [-0.4, -0.2) is 46.6 Å². The fourth-order valence-electron chi connectivity index (χ4n) is 2.76. The number of likely N-dealkylation sites (tertiary alicyclic amines) is 1. The van der Waals surface area contributed by atoms with Crippen molar-refractivity contribution in [3.8, 4) is 0 Å². The molecule has 2 rings (SSSR count). The first-order valence-corrected chi connectivity index (χ1v) is 8.18. The lowest BCUT2D eigenvalue weighted by molar-refractivity contribution is -0.127. The molecule has 5 heteroatoms. The second kappa shape index (κ2) is 7.13. The van der Waals surface area contributed by atoms with Crippen LogP contribution in [0.15, 0.2) is 24.3 Å². The van der Waals surface area contributed by atoms with Gasteiger partial charge in [-0.2, -0.15) is 0 Å². The summed E-state index contributed by atoms with van der Waals surface area (Å²) in [6, 6.07) is 7.33. The van der Waals surface area contributed by atoms with Gasteiger partial charge in [0.25, 0.3) is 5.91 Å². The molecule has 23 heavy (non-hydrogen) atoms. The third kappa shape index (κ3) is 5.06. The first-order valence-electron chi connectivity index (χ1n) is 8.18. The third-order valence-corrected chi connectivity index (χ3v) is 4.15. The Kier molecular flexibility index (Phi) is 5.42. The Morgan fingerprint density at radius 3 is 2.78 bits per heavy atom. The highest BCUT2D eigenvalue weighted by Gasteiger charge is 2.29. The lowest BCUT2D eigenvalue weighted by Crippen LogP contribution is -2.37. The van der Waals surface area contributed by atoms with E-state index < -0.39 is 5.60 Å². The molecule has 0 radical (unpaired) electrons. The molecular formula is C18H26N2O3. The summed E-state index contributed by atoms with van der Waals surface area (Å²) in [6.45, 7) is 6.76. The van der Waals surface area contributed by atoms with Gasteiger partial charge in [0.15, 0.2) is 0 Å². The molecule has 1 aliphatic rings. The summed E-state index contributed by atoms with van der Waals surface area (Å²) < 4.78 is 0. The number of nitrogens with zero attached hydrogens (tertiary/aromatic N) is 1. The number of hydrogen-bond acceptors (Lipinski definition) is 3. The Hall–Kier alpha value is -1.88. The SMILES string of the molecule is CCN1C[C@H](NC(=O)c2cccc(CCC(C)(C)O)c2)CC1=O. The van der Waals surface area contributed by atoms with Gasteiger partial charge in [-0.05, 0) is 51.3 Å². The predicted octanol–water partition coefficient (Wildman–Crippen LogP) is 1.74. The molecule has 1 atom stereocenters. The summed E-state index contributed by atoms with van der Waals surface area (Å²) in [5.74, 6) is -0.0532. The molecule has 5 nitrogen and oxygen atoms in total. The smallest absolute Gasteiger partial charge is 0.251 e. The van der Waals surface area contributed by atoms with Crippen LogP contribution in [-0.2, 0) is 11.2 Å². The third-order valence-electron chi connectivity index (χ3n) is 4.15. The Morgan fingerprint density at radius 1 is 1.43 bits per heavy atom. The van der Waals surface area contributed by atoms with Crippen molar-refractivity contribution < 1.29 is 14.7 Å². The normalized spacial score (nSPS) is 18.3. The second-order valence-electron chi connectivity index (χ2n) is 6.82. The van der Waals surface area contributed by atoms with E-state index in [1.807, 2.05) is 25.1 Å². The van der Waals surface area contributed by atoms with Crippen molar-refractivity contribution in [1.29, 1.82) is 0 Å². The molecule has 1 heterocycles. The van der Waals surface area contributed by atoms with Crippen LogP contribution in [0.25, 0.3) is 0 Å². The van der Waals surface area contributed by atoms with Crippen LogP contribution in [0.3, 0.4) is 0 Å². The van der Waals surface area contributed by atoms with Gasteiger partial charge in [0.2, 0.25) is 5.91 Å². The van der Waals surface area contributed by atoms with E-state index in [1.165, 1.54) is 0 Å². The number of carbonyl (C=O) groups is 2. The van der Waals surface area contributed by atoms with Gasteiger partial charge in [-0.1, -0.05) is 12.1 Å². The van der Waals surface area contributed by atoms with E-state index in [0.29, 0.717) is 31.5 Å². The van der Waals surface area contributed by atoms with Crippen LogP contribution < -0.4 is 5.32 Å². The zero-order valence-corrected chi connectivity index (χ0v) is 14.1. The van der Waals surface area contributed by atoms with E-state index in [-0.39, 0.29) is 17.9 Å². The Bertz CT molecular complexity index is 578. The number of aliphatic hydroxyl groups is 1. The molecule has 1 saturated heterocycles. The molecule has 0 bridgehead atoms. The molecular weight excluding hydrogens is 292 g/mol. The van der Waals surface area contributed by atoms with Crippen molar-refractivity contribution in [2.75, 3.05) is 13.1 Å². The van der Waals surface area contributed by atoms with E-state index in [4.69, 9.17) is 0 Å². The lowest BCUT2D eigenvalue weighted by Gasteiger charge is -2.17. The summed E-state index contributed by atoms with van der Waals surface area (Å²) >= 11 is 0. The van der Waals surface area contributed by atoms with Gasteiger partial charge in [-0.3, -0.25) is 9.59 Å². The summed E-state index contributed by atoms with van der Waals surface area (Å²) in [7, 11) is 0. The summed E-state index contributed by atoms with van der Waals surface area (Å²) in [4.78, 5) is 25.8. The van der Waals surface area contributed by atoms with Crippen molar-refractivity contribution in [1.82, 2.24) is 10.2 Å². The van der Waals surface area contributed by atoms with Crippen molar-refractivity contribution in [2.24, 2.45) is 0 Å². The van der Waals surface area contributed by atoms with Crippen molar-refractivity contribution >= 4 is 11.8 Å². The fourth-order valence-corrected chi connectivity index (χ4v) is 2.76. The molecule has 0 spiro atoms. The monoisotopic (exact) mass is 318 g/mol. The molecule has 0 aliphatic carbocycles.